The molecule has 0 bridgehead atoms. The van der Waals surface area contributed by atoms with Crippen LogP contribution in [0.4, 0.5) is 11.4 Å². The van der Waals surface area contributed by atoms with Gasteiger partial charge in [-0.25, -0.2) is 0 Å². The minimum Gasteiger partial charge on any atom is -0.393 e. The van der Waals surface area contributed by atoms with Crippen molar-refractivity contribution in [2.75, 3.05) is 32.9 Å². The molecule has 110 valence electrons. The van der Waals surface area contributed by atoms with Crippen molar-refractivity contribution < 1.29 is 4.92 Å². The van der Waals surface area contributed by atoms with E-state index in [9.17, 15) is 10.1 Å². The molecule has 2 rings (SSSR count). The van der Waals surface area contributed by atoms with Crippen LogP contribution < -0.4 is 5.73 Å². The van der Waals surface area contributed by atoms with Crippen LogP contribution in [0.5, 0.6) is 0 Å². The SMILES string of the molecule is CC1CN(Cc2ccc([N+](=O)[O-])c(N)c2)CC1N(C)C. The minimum absolute atomic E-state index is 0.0188. The summed E-state index contributed by atoms with van der Waals surface area (Å²) in [5.41, 5.74) is 6.98. The second kappa shape index (κ2) is 5.76. The Balaban J connectivity index is 2.05. The van der Waals surface area contributed by atoms with Gasteiger partial charge in [0.05, 0.1) is 4.92 Å². The van der Waals surface area contributed by atoms with E-state index < -0.39 is 4.92 Å². The highest BCUT2D eigenvalue weighted by Crippen LogP contribution is 2.25. The summed E-state index contributed by atoms with van der Waals surface area (Å²) in [7, 11) is 4.21. The van der Waals surface area contributed by atoms with Gasteiger partial charge >= 0.3 is 0 Å². The molecule has 1 aliphatic heterocycles. The Kier molecular flexibility index (Phi) is 4.25. The molecule has 0 spiro atoms. The van der Waals surface area contributed by atoms with E-state index in [2.05, 4.69) is 30.8 Å². The number of hydrogen-bond acceptors (Lipinski definition) is 5. The molecule has 1 fully saturated rings. The summed E-state index contributed by atoms with van der Waals surface area (Å²) in [6.45, 7) is 5.11. The highest BCUT2D eigenvalue weighted by Gasteiger charge is 2.30. The highest BCUT2D eigenvalue weighted by molar-refractivity contribution is 5.59. The van der Waals surface area contributed by atoms with Gasteiger partial charge in [-0.2, -0.15) is 0 Å². The number of nitrogens with two attached hydrogens (primary N) is 1. The van der Waals surface area contributed by atoms with Crippen LogP contribution in [0.25, 0.3) is 0 Å². The molecule has 6 heteroatoms. The maximum absolute atomic E-state index is 10.7. The lowest BCUT2D eigenvalue weighted by Crippen LogP contribution is -2.34. The van der Waals surface area contributed by atoms with Gasteiger partial charge in [0.1, 0.15) is 5.69 Å². The van der Waals surface area contributed by atoms with Gasteiger partial charge in [-0.3, -0.25) is 15.0 Å². The molecule has 1 aromatic carbocycles. The fraction of sp³-hybridized carbons (Fsp3) is 0.571. The molecule has 1 saturated heterocycles. The smallest absolute Gasteiger partial charge is 0.292 e. The maximum atomic E-state index is 10.7. The molecular weight excluding hydrogens is 256 g/mol. The Labute approximate surface area is 119 Å². The Morgan fingerprint density at radius 3 is 2.65 bits per heavy atom. The molecule has 0 amide bonds. The molecule has 2 unspecified atom stereocenters. The topological polar surface area (TPSA) is 75.6 Å². The van der Waals surface area contributed by atoms with Crippen molar-refractivity contribution in [3.63, 3.8) is 0 Å². The number of nitro groups is 1. The zero-order valence-corrected chi connectivity index (χ0v) is 12.2. The van der Waals surface area contributed by atoms with Crippen molar-refractivity contribution in [1.82, 2.24) is 9.80 Å². The number of likely N-dealkylation sites (N-methyl/N-ethyl adjacent to an activating group) is 1. The van der Waals surface area contributed by atoms with Gasteiger partial charge in [0, 0.05) is 31.7 Å². The molecule has 0 radical (unpaired) electrons. The Morgan fingerprint density at radius 2 is 2.15 bits per heavy atom. The summed E-state index contributed by atoms with van der Waals surface area (Å²) < 4.78 is 0. The zero-order valence-electron chi connectivity index (χ0n) is 12.2. The standard InChI is InChI=1S/C14H22N4O2/c1-10-7-17(9-14(10)16(2)3)8-11-4-5-13(18(19)20)12(15)6-11/h4-6,10,14H,7-9,15H2,1-3H3. The monoisotopic (exact) mass is 278 g/mol. The van der Waals surface area contributed by atoms with Crippen LogP contribution in [0.1, 0.15) is 12.5 Å². The largest absolute Gasteiger partial charge is 0.393 e. The third-order valence-electron chi connectivity index (χ3n) is 4.01. The predicted molar refractivity (Wildman–Crippen MR) is 79.4 cm³/mol. The van der Waals surface area contributed by atoms with E-state index in [4.69, 9.17) is 5.73 Å². The van der Waals surface area contributed by atoms with Crippen LogP contribution in [0, 0.1) is 16.0 Å². The van der Waals surface area contributed by atoms with E-state index in [-0.39, 0.29) is 11.4 Å². The van der Waals surface area contributed by atoms with Gasteiger partial charge in [-0.1, -0.05) is 13.0 Å². The number of nitrogens with zero attached hydrogens (tertiary/aromatic N) is 3. The van der Waals surface area contributed by atoms with Crippen LogP contribution in [-0.4, -0.2) is 47.9 Å². The third-order valence-corrected chi connectivity index (χ3v) is 4.01. The van der Waals surface area contributed by atoms with Crippen LogP contribution in [0.3, 0.4) is 0 Å². The highest BCUT2D eigenvalue weighted by atomic mass is 16.6. The van der Waals surface area contributed by atoms with Crippen LogP contribution in [0.15, 0.2) is 18.2 Å². The first-order chi connectivity index (χ1) is 9.38. The second-order valence-electron chi connectivity index (χ2n) is 5.85. The lowest BCUT2D eigenvalue weighted by atomic mass is 10.1. The number of likely N-dealkylation sites (tertiary alicyclic amines) is 1. The molecular formula is C14H22N4O2. The lowest BCUT2D eigenvalue weighted by molar-refractivity contribution is -0.383. The molecule has 2 atom stereocenters. The molecule has 0 aliphatic carbocycles. The summed E-state index contributed by atoms with van der Waals surface area (Å²) in [5.74, 6) is 0.625. The molecule has 1 aliphatic rings. The number of hydrogen-bond donors (Lipinski definition) is 1. The normalized spacial score (nSPS) is 23.4. The van der Waals surface area contributed by atoms with Crippen molar-refractivity contribution in [3.05, 3.63) is 33.9 Å². The number of nitrogen functional groups attached to an aromatic ring is 1. The van der Waals surface area contributed by atoms with E-state index in [0.717, 1.165) is 25.2 Å². The summed E-state index contributed by atoms with van der Waals surface area (Å²) >= 11 is 0. The van der Waals surface area contributed by atoms with E-state index in [0.29, 0.717) is 12.0 Å². The summed E-state index contributed by atoms with van der Waals surface area (Å²) in [5, 5.41) is 10.7. The first kappa shape index (κ1) is 14.7. The van der Waals surface area contributed by atoms with Gasteiger partial charge in [0.25, 0.3) is 5.69 Å². The molecule has 0 saturated carbocycles. The molecule has 1 heterocycles. The minimum atomic E-state index is -0.445. The quantitative estimate of drug-likeness (QED) is 0.514. The number of nitro benzene ring substituents is 1. The zero-order chi connectivity index (χ0) is 14.9. The molecule has 20 heavy (non-hydrogen) atoms. The van der Waals surface area contributed by atoms with Crippen LogP contribution in [-0.2, 0) is 6.54 Å². The first-order valence-corrected chi connectivity index (χ1v) is 6.80. The van der Waals surface area contributed by atoms with Crippen molar-refractivity contribution in [2.24, 2.45) is 5.92 Å². The first-order valence-electron chi connectivity index (χ1n) is 6.80. The summed E-state index contributed by atoms with van der Waals surface area (Å²) in [6.07, 6.45) is 0. The fourth-order valence-corrected chi connectivity index (χ4v) is 2.98. The maximum Gasteiger partial charge on any atom is 0.292 e. The van der Waals surface area contributed by atoms with E-state index in [1.807, 2.05) is 0 Å². The Bertz CT molecular complexity index is 504. The lowest BCUT2D eigenvalue weighted by Gasteiger charge is -2.22. The average molecular weight is 278 g/mol. The molecule has 1 aromatic rings. The number of anilines is 1. The summed E-state index contributed by atoms with van der Waals surface area (Å²) in [6, 6.07) is 5.56. The average Bonchev–Trinajstić information content (AvgIpc) is 2.70. The van der Waals surface area contributed by atoms with Crippen molar-refractivity contribution in [2.45, 2.75) is 19.5 Å². The van der Waals surface area contributed by atoms with Crippen molar-refractivity contribution in [1.29, 1.82) is 0 Å². The molecule has 0 aromatic heterocycles. The van der Waals surface area contributed by atoms with Gasteiger partial charge < -0.3 is 10.6 Å². The van der Waals surface area contributed by atoms with Crippen LogP contribution >= 0.6 is 0 Å². The van der Waals surface area contributed by atoms with Crippen molar-refractivity contribution in [3.8, 4) is 0 Å². The predicted octanol–water partition coefficient (Wildman–Crippen LogP) is 1.56. The summed E-state index contributed by atoms with van der Waals surface area (Å²) in [4.78, 5) is 14.9. The molecule has 2 N–H and O–H groups in total. The van der Waals surface area contributed by atoms with Gasteiger partial charge in [0.2, 0.25) is 0 Å². The van der Waals surface area contributed by atoms with E-state index in [1.165, 1.54) is 6.07 Å². The van der Waals surface area contributed by atoms with E-state index in [1.54, 1.807) is 12.1 Å². The Morgan fingerprint density at radius 1 is 1.45 bits per heavy atom. The molecule has 6 nitrogen and oxygen atoms in total. The Hall–Kier alpha value is -1.66. The van der Waals surface area contributed by atoms with Crippen molar-refractivity contribution >= 4 is 11.4 Å². The van der Waals surface area contributed by atoms with E-state index >= 15 is 0 Å². The third kappa shape index (κ3) is 3.08. The second-order valence-corrected chi connectivity index (χ2v) is 5.85. The fourth-order valence-electron chi connectivity index (χ4n) is 2.98. The van der Waals surface area contributed by atoms with Crippen LogP contribution in [0.2, 0.25) is 0 Å². The number of rotatable bonds is 4. The van der Waals surface area contributed by atoms with Gasteiger partial charge in [0.15, 0.2) is 0 Å². The number of benzene rings is 1. The van der Waals surface area contributed by atoms with Gasteiger partial charge in [-0.15, -0.1) is 0 Å². The van der Waals surface area contributed by atoms with Gasteiger partial charge in [-0.05, 0) is 31.6 Å².